The molecule has 3 rings (SSSR count). The van der Waals surface area contributed by atoms with Crippen LogP contribution in [0, 0.1) is 0 Å². The van der Waals surface area contributed by atoms with Gasteiger partial charge in [-0.2, -0.15) is 0 Å². The number of likely N-dealkylation sites (tertiary alicyclic amines) is 1. The van der Waals surface area contributed by atoms with Gasteiger partial charge >= 0.3 is 0 Å². The van der Waals surface area contributed by atoms with Crippen molar-refractivity contribution in [1.29, 1.82) is 0 Å². The maximum atomic E-state index is 12.2. The van der Waals surface area contributed by atoms with Crippen molar-refractivity contribution in [2.75, 3.05) is 37.0 Å². The van der Waals surface area contributed by atoms with E-state index < -0.39 is 10.0 Å². The van der Waals surface area contributed by atoms with Crippen molar-refractivity contribution in [2.45, 2.75) is 19.3 Å². The van der Waals surface area contributed by atoms with Gasteiger partial charge in [0.05, 0.1) is 11.9 Å². The Bertz CT molecular complexity index is 698. The smallest absolute Gasteiger partial charge is 0.232 e. The predicted octanol–water partition coefficient (Wildman–Crippen LogP) is 1.19. The van der Waals surface area contributed by atoms with E-state index >= 15 is 0 Å². The molecule has 1 fully saturated rings. The zero-order valence-corrected chi connectivity index (χ0v) is 13.8. The maximum Gasteiger partial charge on any atom is 0.232 e. The Morgan fingerprint density at radius 1 is 1.22 bits per heavy atom. The van der Waals surface area contributed by atoms with Crippen LogP contribution in [0.5, 0.6) is 11.5 Å². The lowest BCUT2D eigenvalue weighted by Crippen LogP contribution is -2.35. The van der Waals surface area contributed by atoms with Gasteiger partial charge in [-0.05, 0) is 25.0 Å². The molecule has 2 heterocycles. The van der Waals surface area contributed by atoms with E-state index in [0.29, 0.717) is 17.2 Å². The van der Waals surface area contributed by atoms with Gasteiger partial charge in [-0.15, -0.1) is 0 Å². The summed E-state index contributed by atoms with van der Waals surface area (Å²) in [7, 11) is -3.49. The summed E-state index contributed by atoms with van der Waals surface area (Å²) in [5, 5.41) is 0. The Morgan fingerprint density at radius 2 is 1.91 bits per heavy atom. The van der Waals surface area contributed by atoms with Gasteiger partial charge < -0.3 is 14.4 Å². The number of rotatable bonds is 5. The van der Waals surface area contributed by atoms with E-state index in [2.05, 4.69) is 0 Å². The van der Waals surface area contributed by atoms with Crippen molar-refractivity contribution in [1.82, 2.24) is 4.90 Å². The second-order valence-electron chi connectivity index (χ2n) is 5.71. The number of fused-ring (bicyclic) bond motifs is 1. The largest absolute Gasteiger partial charge is 0.454 e. The zero-order valence-electron chi connectivity index (χ0n) is 13.0. The maximum absolute atomic E-state index is 12.2. The van der Waals surface area contributed by atoms with E-state index in [1.165, 1.54) is 4.31 Å². The highest BCUT2D eigenvalue weighted by molar-refractivity contribution is 7.92. The molecule has 0 radical (unpaired) electrons. The summed E-state index contributed by atoms with van der Waals surface area (Å²) in [5.41, 5.74) is 0.478. The Balaban J connectivity index is 1.74. The van der Waals surface area contributed by atoms with Gasteiger partial charge in [-0.25, -0.2) is 8.42 Å². The minimum atomic E-state index is -3.49. The first kappa shape index (κ1) is 15.9. The summed E-state index contributed by atoms with van der Waals surface area (Å²) in [5.74, 6) is 1.11. The molecule has 0 aromatic heterocycles. The highest BCUT2D eigenvalue weighted by Crippen LogP contribution is 2.36. The number of nitrogens with zero attached hydrogens (tertiary/aromatic N) is 2. The van der Waals surface area contributed by atoms with E-state index in [1.807, 2.05) is 0 Å². The van der Waals surface area contributed by atoms with Crippen LogP contribution in [0.4, 0.5) is 5.69 Å². The number of carbonyl (C=O) groups is 1. The van der Waals surface area contributed by atoms with Gasteiger partial charge in [0.2, 0.25) is 22.7 Å². The van der Waals surface area contributed by atoms with E-state index in [-0.39, 0.29) is 25.7 Å². The van der Waals surface area contributed by atoms with Crippen LogP contribution in [-0.4, -0.2) is 51.9 Å². The molecule has 1 saturated heterocycles. The highest BCUT2D eigenvalue weighted by Gasteiger charge is 2.24. The van der Waals surface area contributed by atoms with Crippen LogP contribution in [0.25, 0.3) is 0 Å². The lowest BCUT2D eigenvalue weighted by atomic mass is 10.2. The molecule has 23 heavy (non-hydrogen) atoms. The quantitative estimate of drug-likeness (QED) is 0.805. The van der Waals surface area contributed by atoms with Crippen molar-refractivity contribution < 1.29 is 22.7 Å². The van der Waals surface area contributed by atoms with E-state index in [9.17, 15) is 13.2 Å². The fourth-order valence-corrected chi connectivity index (χ4v) is 3.77. The molecule has 0 N–H and O–H groups in total. The van der Waals surface area contributed by atoms with Crippen molar-refractivity contribution in [3.05, 3.63) is 18.2 Å². The number of carbonyl (C=O) groups excluding carboxylic acids is 1. The monoisotopic (exact) mass is 340 g/mol. The molecule has 0 spiro atoms. The van der Waals surface area contributed by atoms with Gasteiger partial charge in [0.15, 0.2) is 11.5 Å². The van der Waals surface area contributed by atoms with Gasteiger partial charge in [-0.1, -0.05) is 0 Å². The third-order valence-electron chi connectivity index (χ3n) is 4.03. The summed E-state index contributed by atoms with van der Waals surface area (Å²) >= 11 is 0. The Morgan fingerprint density at radius 3 is 2.61 bits per heavy atom. The molecule has 1 aromatic carbocycles. The van der Waals surface area contributed by atoms with Crippen molar-refractivity contribution in [3.8, 4) is 11.5 Å². The first-order valence-electron chi connectivity index (χ1n) is 7.60. The lowest BCUT2D eigenvalue weighted by Gasteiger charge is -2.24. The molecule has 1 aromatic rings. The molecule has 7 nitrogen and oxygen atoms in total. The third kappa shape index (κ3) is 3.52. The summed E-state index contributed by atoms with van der Waals surface area (Å²) in [6, 6.07) is 4.97. The van der Waals surface area contributed by atoms with Crippen LogP contribution in [0.15, 0.2) is 18.2 Å². The molecule has 2 aliphatic heterocycles. The summed E-state index contributed by atoms with van der Waals surface area (Å²) in [4.78, 5) is 13.9. The topological polar surface area (TPSA) is 76.2 Å². The van der Waals surface area contributed by atoms with Crippen molar-refractivity contribution in [3.63, 3.8) is 0 Å². The minimum absolute atomic E-state index is 0.00288. The first-order valence-corrected chi connectivity index (χ1v) is 9.45. The third-order valence-corrected chi connectivity index (χ3v) is 5.23. The normalized spacial score (nSPS) is 16.7. The number of sulfonamides is 1. The minimum Gasteiger partial charge on any atom is -0.454 e. The first-order chi connectivity index (χ1) is 10.9. The average Bonchev–Trinajstić information content (AvgIpc) is 3.16. The van der Waals surface area contributed by atoms with Crippen LogP contribution < -0.4 is 13.8 Å². The van der Waals surface area contributed by atoms with Gasteiger partial charge in [-0.3, -0.25) is 9.10 Å². The van der Waals surface area contributed by atoms with Crippen LogP contribution in [-0.2, 0) is 14.8 Å². The molecule has 0 aliphatic carbocycles. The number of benzene rings is 1. The number of ether oxygens (including phenoxy) is 2. The predicted molar refractivity (Wildman–Crippen MR) is 85.2 cm³/mol. The Kier molecular flexibility index (Phi) is 4.34. The molecule has 8 heteroatoms. The molecular weight excluding hydrogens is 320 g/mol. The average molecular weight is 340 g/mol. The molecule has 0 saturated carbocycles. The standard InChI is InChI=1S/C15H20N2O5S/c1-23(19,20)17(9-6-15(18)16-7-2-3-8-16)12-4-5-13-14(10-12)22-11-21-13/h4-5,10H,2-3,6-9,11H2,1H3. The molecule has 0 unspecified atom stereocenters. The summed E-state index contributed by atoms with van der Waals surface area (Å²) in [6.07, 6.45) is 3.34. The lowest BCUT2D eigenvalue weighted by molar-refractivity contribution is -0.129. The van der Waals surface area contributed by atoms with E-state index in [1.54, 1.807) is 23.1 Å². The van der Waals surface area contributed by atoms with E-state index in [4.69, 9.17) is 9.47 Å². The molecule has 2 aliphatic rings. The molecule has 126 valence electrons. The number of anilines is 1. The molecule has 0 atom stereocenters. The van der Waals surface area contributed by atoms with Gasteiger partial charge in [0.1, 0.15) is 0 Å². The summed E-state index contributed by atoms with van der Waals surface area (Å²) in [6.45, 7) is 1.78. The number of hydrogen-bond acceptors (Lipinski definition) is 5. The molecule has 0 bridgehead atoms. The van der Waals surface area contributed by atoms with Crippen LogP contribution in [0.1, 0.15) is 19.3 Å². The second-order valence-corrected chi connectivity index (χ2v) is 7.62. The van der Waals surface area contributed by atoms with Crippen molar-refractivity contribution in [2.24, 2.45) is 0 Å². The van der Waals surface area contributed by atoms with Gasteiger partial charge in [0, 0.05) is 32.1 Å². The fourth-order valence-electron chi connectivity index (χ4n) is 2.85. The molecule has 1 amide bonds. The van der Waals surface area contributed by atoms with Crippen molar-refractivity contribution >= 4 is 21.6 Å². The number of hydrogen-bond donors (Lipinski definition) is 0. The Hall–Kier alpha value is -1.96. The molecular formula is C15H20N2O5S. The Labute approximate surface area is 135 Å². The van der Waals surface area contributed by atoms with Crippen LogP contribution >= 0.6 is 0 Å². The number of amides is 1. The van der Waals surface area contributed by atoms with Crippen LogP contribution in [0.3, 0.4) is 0 Å². The SMILES string of the molecule is CS(=O)(=O)N(CCC(=O)N1CCCC1)c1ccc2c(c1)OCO2. The van der Waals surface area contributed by atoms with Gasteiger partial charge in [0.25, 0.3) is 0 Å². The van der Waals surface area contributed by atoms with Crippen LogP contribution in [0.2, 0.25) is 0 Å². The second kappa shape index (κ2) is 6.27. The zero-order chi connectivity index (χ0) is 16.4. The highest BCUT2D eigenvalue weighted by atomic mass is 32.2. The van der Waals surface area contributed by atoms with E-state index in [0.717, 1.165) is 32.2 Å². The summed E-state index contributed by atoms with van der Waals surface area (Å²) < 4.78 is 36.0. The fraction of sp³-hybridized carbons (Fsp3) is 0.533.